The summed E-state index contributed by atoms with van der Waals surface area (Å²) in [6, 6.07) is 19.8. The van der Waals surface area contributed by atoms with Crippen molar-refractivity contribution in [1.29, 1.82) is 0 Å². The van der Waals surface area contributed by atoms with Gasteiger partial charge in [-0.25, -0.2) is 0 Å². The van der Waals surface area contributed by atoms with E-state index < -0.39 is 0 Å². The third-order valence-corrected chi connectivity index (χ3v) is 4.78. The molecule has 3 aromatic rings. The van der Waals surface area contributed by atoms with Crippen LogP contribution in [0.5, 0.6) is 0 Å². The van der Waals surface area contributed by atoms with Crippen LogP contribution in [0.3, 0.4) is 0 Å². The highest BCUT2D eigenvalue weighted by Gasteiger charge is 2.20. The molecule has 138 valence electrons. The number of carbonyl (C=O) groups is 1. The van der Waals surface area contributed by atoms with Crippen LogP contribution in [0.25, 0.3) is 0 Å². The molecule has 0 saturated carbocycles. The number of fused-ring (bicyclic) bond motifs is 1. The van der Waals surface area contributed by atoms with Crippen molar-refractivity contribution in [3.8, 4) is 0 Å². The van der Waals surface area contributed by atoms with Crippen LogP contribution in [-0.2, 0) is 24.3 Å². The van der Waals surface area contributed by atoms with Crippen molar-refractivity contribution in [3.05, 3.63) is 83.3 Å². The Morgan fingerprint density at radius 1 is 1.11 bits per heavy atom. The molecule has 0 atom stereocenters. The smallest absolute Gasteiger partial charge is 0.291 e. The molecule has 0 unspecified atom stereocenters. The third kappa shape index (κ3) is 3.73. The summed E-state index contributed by atoms with van der Waals surface area (Å²) in [5.74, 6) is 0.652. The molecule has 5 heteroatoms. The minimum atomic E-state index is -0.258. The third-order valence-electron chi connectivity index (χ3n) is 4.78. The number of nitrogens with zero attached hydrogens (tertiary/aromatic N) is 1. The van der Waals surface area contributed by atoms with Crippen molar-refractivity contribution < 1.29 is 13.9 Å². The van der Waals surface area contributed by atoms with Gasteiger partial charge in [-0.1, -0.05) is 36.4 Å². The molecule has 0 spiro atoms. The summed E-state index contributed by atoms with van der Waals surface area (Å²) >= 11 is 0. The average Bonchev–Trinajstić information content (AvgIpc) is 3.31. The summed E-state index contributed by atoms with van der Waals surface area (Å²) in [7, 11) is 1.59. The largest absolute Gasteiger partial charge is 0.453 e. The molecule has 0 saturated heterocycles. The first-order valence-electron chi connectivity index (χ1n) is 9.04. The van der Waals surface area contributed by atoms with E-state index in [0.717, 1.165) is 30.8 Å². The van der Waals surface area contributed by atoms with Gasteiger partial charge >= 0.3 is 0 Å². The van der Waals surface area contributed by atoms with Gasteiger partial charge in [-0.05, 0) is 41.8 Å². The molecule has 1 aromatic heterocycles. The van der Waals surface area contributed by atoms with Gasteiger partial charge in [0.05, 0.1) is 0 Å². The summed E-state index contributed by atoms with van der Waals surface area (Å²) in [5, 5.41) is 2.98. The topological polar surface area (TPSA) is 54.7 Å². The van der Waals surface area contributed by atoms with E-state index in [4.69, 9.17) is 9.15 Å². The summed E-state index contributed by atoms with van der Waals surface area (Å²) in [6.07, 6.45) is 1.05. The molecule has 1 aliphatic rings. The molecule has 1 amide bonds. The van der Waals surface area contributed by atoms with Crippen LogP contribution in [0.2, 0.25) is 0 Å². The highest BCUT2D eigenvalue weighted by atomic mass is 16.5. The average molecular weight is 362 g/mol. The number of benzene rings is 2. The van der Waals surface area contributed by atoms with Crippen LogP contribution in [-0.4, -0.2) is 19.6 Å². The number of para-hydroxylation sites is 2. The first-order chi connectivity index (χ1) is 13.2. The van der Waals surface area contributed by atoms with E-state index in [1.807, 2.05) is 18.2 Å². The first kappa shape index (κ1) is 17.4. The molecule has 0 bridgehead atoms. The zero-order valence-electron chi connectivity index (χ0n) is 15.3. The highest BCUT2D eigenvalue weighted by Crippen LogP contribution is 2.30. The number of methoxy groups -OCH3 is 1. The lowest BCUT2D eigenvalue weighted by Crippen LogP contribution is -2.21. The zero-order valence-corrected chi connectivity index (χ0v) is 15.3. The van der Waals surface area contributed by atoms with Gasteiger partial charge in [0, 0.05) is 31.6 Å². The minimum Gasteiger partial charge on any atom is -0.453 e. The van der Waals surface area contributed by atoms with Gasteiger partial charge in [-0.3, -0.25) is 4.79 Å². The summed E-state index contributed by atoms with van der Waals surface area (Å²) in [4.78, 5) is 14.9. The van der Waals surface area contributed by atoms with Gasteiger partial charge < -0.3 is 19.4 Å². The number of furan rings is 1. The molecule has 0 fully saturated rings. The number of nitrogens with one attached hydrogen (secondary N) is 1. The van der Waals surface area contributed by atoms with Crippen LogP contribution >= 0.6 is 0 Å². The monoisotopic (exact) mass is 362 g/mol. The van der Waals surface area contributed by atoms with Gasteiger partial charge in [-0.2, -0.15) is 0 Å². The van der Waals surface area contributed by atoms with Crippen molar-refractivity contribution >= 4 is 17.3 Å². The normalized spacial score (nSPS) is 12.9. The van der Waals surface area contributed by atoms with Gasteiger partial charge in [-0.15, -0.1) is 0 Å². The molecule has 4 rings (SSSR count). The highest BCUT2D eigenvalue weighted by molar-refractivity contribution is 6.02. The van der Waals surface area contributed by atoms with E-state index in [1.54, 1.807) is 19.2 Å². The maximum absolute atomic E-state index is 12.6. The number of hydrogen-bond donors (Lipinski definition) is 1. The fourth-order valence-electron chi connectivity index (χ4n) is 3.46. The van der Waals surface area contributed by atoms with Crippen LogP contribution in [0.15, 0.2) is 65.1 Å². The predicted molar refractivity (Wildman–Crippen MR) is 105 cm³/mol. The standard InChI is InChI=1S/C22H22N2O3/c1-26-15-18-10-11-21(27-18)22(25)23-19-8-4-2-7-17(19)14-24-13-12-16-6-3-5-9-20(16)24/h2-11H,12-15H2,1H3,(H,23,25). The Balaban J connectivity index is 1.50. The molecule has 2 aromatic carbocycles. The molecule has 5 nitrogen and oxygen atoms in total. The first-order valence-corrected chi connectivity index (χ1v) is 9.04. The Bertz CT molecular complexity index is 948. The maximum Gasteiger partial charge on any atom is 0.291 e. The van der Waals surface area contributed by atoms with Crippen molar-refractivity contribution in [2.24, 2.45) is 0 Å². The Morgan fingerprint density at radius 2 is 1.93 bits per heavy atom. The molecule has 27 heavy (non-hydrogen) atoms. The van der Waals surface area contributed by atoms with Crippen LogP contribution in [0.4, 0.5) is 11.4 Å². The summed E-state index contributed by atoms with van der Waals surface area (Å²) in [5.41, 5.74) is 4.52. The molecule has 1 N–H and O–H groups in total. The lowest BCUT2D eigenvalue weighted by molar-refractivity contribution is 0.0987. The fraction of sp³-hybridized carbons (Fsp3) is 0.227. The molecule has 2 heterocycles. The second-order valence-corrected chi connectivity index (χ2v) is 6.61. The van der Waals surface area contributed by atoms with E-state index in [2.05, 4.69) is 40.5 Å². The number of carbonyl (C=O) groups excluding carboxylic acids is 1. The lowest BCUT2D eigenvalue weighted by Gasteiger charge is -2.21. The molecule has 0 aliphatic carbocycles. The minimum absolute atomic E-state index is 0.258. The quantitative estimate of drug-likeness (QED) is 0.713. The van der Waals surface area contributed by atoms with Crippen LogP contribution < -0.4 is 10.2 Å². The SMILES string of the molecule is COCc1ccc(C(=O)Nc2ccccc2CN2CCc3ccccc32)o1. The van der Waals surface area contributed by atoms with Crippen molar-refractivity contribution in [3.63, 3.8) is 0 Å². The van der Waals surface area contributed by atoms with E-state index in [-0.39, 0.29) is 11.7 Å². The Labute approximate surface area is 158 Å². The number of anilines is 2. The zero-order chi connectivity index (χ0) is 18.6. The van der Waals surface area contributed by atoms with Crippen molar-refractivity contribution in [2.75, 3.05) is 23.9 Å². The van der Waals surface area contributed by atoms with Gasteiger partial charge in [0.15, 0.2) is 5.76 Å². The molecular weight excluding hydrogens is 340 g/mol. The molecule has 0 radical (unpaired) electrons. The summed E-state index contributed by atoms with van der Waals surface area (Å²) < 4.78 is 10.6. The lowest BCUT2D eigenvalue weighted by atomic mass is 10.1. The Kier molecular flexibility index (Phi) is 4.94. The van der Waals surface area contributed by atoms with E-state index >= 15 is 0 Å². The summed E-state index contributed by atoms with van der Waals surface area (Å²) in [6.45, 7) is 2.08. The number of ether oxygens (including phenoxy) is 1. The molecule has 1 aliphatic heterocycles. The van der Waals surface area contributed by atoms with Crippen molar-refractivity contribution in [1.82, 2.24) is 0 Å². The van der Waals surface area contributed by atoms with Gasteiger partial charge in [0.1, 0.15) is 12.4 Å². The number of hydrogen-bond acceptors (Lipinski definition) is 4. The van der Waals surface area contributed by atoms with E-state index in [9.17, 15) is 4.79 Å². The Hall–Kier alpha value is -3.05. The van der Waals surface area contributed by atoms with Gasteiger partial charge in [0.2, 0.25) is 0 Å². The Morgan fingerprint density at radius 3 is 2.81 bits per heavy atom. The number of amides is 1. The van der Waals surface area contributed by atoms with E-state index in [0.29, 0.717) is 12.4 Å². The second-order valence-electron chi connectivity index (χ2n) is 6.61. The fourth-order valence-corrected chi connectivity index (χ4v) is 3.46. The van der Waals surface area contributed by atoms with Crippen LogP contribution in [0, 0.1) is 0 Å². The van der Waals surface area contributed by atoms with E-state index in [1.165, 1.54) is 11.3 Å². The molecular formula is C22H22N2O3. The second kappa shape index (κ2) is 7.68. The van der Waals surface area contributed by atoms with Gasteiger partial charge in [0.25, 0.3) is 5.91 Å². The number of rotatable bonds is 6. The van der Waals surface area contributed by atoms with Crippen molar-refractivity contribution in [2.45, 2.75) is 19.6 Å². The maximum atomic E-state index is 12.6. The predicted octanol–water partition coefficient (Wildman–Crippen LogP) is 4.24. The van der Waals surface area contributed by atoms with Crippen LogP contribution in [0.1, 0.15) is 27.4 Å².